The second kappa shape index (κ2) is 7.07. The van der Waals surface area contributed by atoms with Gasteiger partial charge in [0.15, 0.2) is 5.76 Å². The first-order chi connectivity index (χ1) is 12.4. The normalized spacial score (nSPS) is 11.4. The van der Waals surface area contributed by atoms with E-state index in [-0.39, 0.29) is 18.2 Å². The van der Waals surface area contributed by atoms with Crippen molar-refractivity contribution in [3.05, 3.63) is 83.8 Å². The fraction of sp³-hybridized carbons (Fsp3) is 0.150. The summed E-state index contributed by atoms with van der Waals surface area (Å²) in [5, 5.41) is 0. The largest absolute Gasteiger partial charge is 0.459 e. The van der Waals surface area contributed by atoms with Gasteiger partial charge in [0.05, 0.1) is 11.8 Å². The number of nitrogens with zero attached hydrogens (tertiary/aromatic N) is 1. The zero-order valence-electron chi connectivity index (χ0n) is 14.0. The van der Waals surface area contributed by atoms with E-state index < -0.39 is 11.7 Å². The summed E-state index contributed by atoms with van der Waals surface area (Å²) >= 11 is 0. The van der Waals surface area contributed by atoms with Gasteiger partial charge in [-0.1, -0.05) is 42.5 Å². The van der Waals surface area contributed by atoms with E-state index in [4.69, 9.17) is 4.42 Å². The number of hydrogen-bond donors (Lipinski definition) is 0. The van der Waals surface area contributed by atoms with Gasteiger partial charge in [-0.05, 0) is 29.3 Å². The average molecular weight is 359 g/mol. The second-order valence-electron chi connectivity index (χ2n) is 5.89. The Morgan fingerprint density at radius 2 is 1.65 bits per heavy atom. The van der Waals surface area contributed by atoms with Gasteiger partial charge < -0.3 is 9.32 Å². The minimum Gasteiger partial charge on any atom is -0.459 e. The Hall–Kier alpha value is -3.02. The molecule has 0 atom stereocenters. The lowest BCUT2D eigenvalue weighted by Crippen LogP contribution is -2.26. The van der Waals surface area contributed by atoms with Crippen LogP contribution in [0.15, 0.2) is 71.3 Å². The van der Waals surface area contributed by atoms with Crippen molar-refractivity contribution in [1.82, 2.24) is 4.90 Å². The Morgan fingerprint density at radius 3 is 2.27 bits per heavy atom. The molecule has 0 spiro atoms. The van der Waals surface area contributed by atoms with Gasteiger partial charge in [0.1, 0.15) is 0 Å². The number of amides is 1. The van der Waals surface area contributed by atoms with Crippen LogP contribution in [-0.4, -0.2) is 17.9 Å². The van der Waals surface area contributed by atoms with Crippen LogP contribution in [0.4, 0.5) is 13.2 Å². The molecular formula is C20H16F3NO2. The lowest BCUT2D eigenvalue weighted by atomic mass is 10.1. The van der Waals surface area contributed by atoms with Gasteiger partial charge in [-0.15, -0.1) is 0 Å². The molecule has 1 heterocycles. The number of carbonyl (C=O) groups is 1. The molecule has 0 aliphatic rings. The molecule has 0 bridgehead atoms. The molecule has 1 amide bonds. The first kappa shape index (κ1) is 17.8. The zero-order valence-corrected chi connectivity index (χ0v) is 14.0. The maximum atomic E-state index is 12.7. The lowest BCUT2D eigenvalue weighted by molar-refractivity contribution is -0.137. The summed E-state index contributed by atoms with van der Waals surface area (Å²) in [4.78, 5) is 14.1. The van der Waals surface area contributed by atoms with Gasteiger partial charge in [-0.25, -0.2) is 0 Å². The predicted molar refractivity (Wildman–Crippen MR) is 91.4 cm³/mol. The smallest absolute Gasteiger partial charge is 0.416 e. The third-order valence-corrected chi connectivity index (χ3v) is 3.99. The fourth-order valence-corrected chi connectivity index (χ4v) is 2.64. The maximum absolute atomic E-state index is 12.7. The minimum absolute atomic E-state index is 0.173. The molecule has 3 nitrogen and oxygen atoms in total. The van der Waals surface area contributed by atoms with Crippen LogP contribution in [0.25, 0.3) is 11.1 Å². The number of carbonyl (C=O) groups excluding carboxylic acids is 1. The van der Waals surface area contributed by atoms with E-state index in [1.54, 1.807) is 13.1 Å². The van der Waals surface area contributed by atoms with E-state index in [0.29, 0.717) is 11.1 Å². The molecule has 0 saturated carbocycles. The Balaban J connectivity index is 1.76. The standard InChI is InChI=1S/C20H16F3NO2/c1-24(13-14-7-9-16(10-8-14)20(21,22)23)19(25)18-17(11-12-26-18)15-5-3-2-4-6-15/h2-12H,13H2,1H3. The van der Waals surface area contributed by atoms with Crippen LogP contribution in [0.1, 0.15) is 21.7 Å². The van der Waals surface area contributed by atoms with Gasteiger partial charge in [0.25, 0.3) is 5.91 Å². The third kappa shape index (κ3) is 3.79. The van der Waals surface area contributed by atoms with E-state index in [2.05, 4.69) is 0 Å². The van der Waals surface area contributed by atoms with Crippen molar-refractivity contribution >= 4 is 5.91 Å². The molecule has 26 heavy (non-hydrogen) atoms. The van der Waals surface area contributed by atoms with E-state index in [1.165, 1.54) is 23.3 Å². The van der Waals surface area contributed by atoms with Crippen molar-refractivity contribution in [2.45, 2.75) is 12.7 Å². The molecule has 6 heteroatoms. The van der Waals surface area contributed by atoms with E-state index in [9.17, 15) is 18.0 Å². The van der Waals surface area contributed by atoms with Crippen molar-refractivity contribution in [2.24, 2.45) is 0 Å². The topological polar surface area (TPSA) is 33.5 Å². The molecule has 0 saturated heterocycles. The van der Waals surface area contributed by atoms with Gasteiger partial charge in [0.2, 0.25) is 0 Å². The van der Waals surface area contributed by atoms with E-state index in [1.807, 2.05) is 30.3 Å². The van der Waals surface area contributed by atoms with Crippen molar-refractivity contribution < 1.29 is 22.4 Å². The Morgan fingerprint density at radius 1 is 1.00 bits per heavy atom. The molecule has 0 N–H and O–H groups in total. The lowest BCUT2D eigenvalue weighted by Gasteiger charge is -2.17. The van der Waals surface area contributed by atoms with Crippen LogP contribution < -0.4 is 0 Å². The highest BCUT2D eigenvalue weighted by Crippen LogP contribution is 2.29. The minimum atomic E-state index is -4.38. The monoisotopic (exact) mass is 359 g/mol. The molecule has 0 aliphatic carbocycles. The molecule has 0 aliphatic heterocycles. The number of rotatable bonds is 4. The summed E-state index contributed by atoms with van der Waals surface area (Å²) in [5.74, 6) is -0.139. The molecule has 3 rings (SSSR count). The number of furan rings is 1. The average Bonchev–Trinajstić information content (AvgIpc) is 3.11. The van der Waals surface area contributed by atoms with E-state index in [0.717, 1.165) is 17.7 Å². The number of hydrogen-bond acceptors (Lipinski definition) is 2. The van der Waals surface area contributed by atoms with Gasteiger partial charge in [0, 0.05) is 19.2 Å². The predicted octanol–water partition coefficient (Wildman–Crippen LogP) is 5.24. The van der Waals surface area contributed by atoms with Gasteiger partial charge in [-0.2, -0.15) is 13.2 Å². The number of benzene rings is 2. The summed E-state index contributed by atoms with van der Waals surface area (Å²) in [6.45, 7) is 0.173. The van der Waals surface area contributed by atoms with Crippen LogP contribution in [0.3, 0.4) is 0 Å². The molecule has 134 valence electrons. The quantitative estimate of drug-likeness (QED) is 0.638. The van der Waals surface area contributed by atoms with Crippen LogP contribution in [-0.2, 0) is 12.7 Å². The van der Waals surface area contributed by atoms with Gasteiger partial charge >= 0.3 is 6.18 Å². The molecule has 0 unspecified atom stereocenters. The number of alkyl halides is 3. The molecule has 1 aromatic heterocycles. The van der Waals surface area contributed by atoms with Crippen molar-refractivity contribution in [3.8, 4) is 11.1 Å². The Bertz CT molecular complexity index is 883. The summed E-state index contributed by atoms with van der Waals surface area (Å²) in [6.07, 6.45) is -2.93. The highest BCUT2D eigenvalue weighted by molar-refractivity contribution is 5.98. The first-order valence-corrected chi connectivity index (χ1v) is 7.91. The second-order valence-corrected chi connectivity index (χ2v) is 5.89. The maximum Gasteiger partial charge on any atom is 0.416 e. The van der Waals surface area contributed by atoms with Crippen LogP contribution in [0, 0.1) is 0 Å². The summed E-state index contributed by atoms with van der Waals surface area (Å²) in [6, 6.07) is 15.8. The molecule has 3 aromatic rings. The van der Waals surface area contributed by atoms with Crippen molar-refractivity contribution in [2.75, 3.05) is 7.05 Å². The molecule has 2 aromatic carbocycles. The highest BCUT2D eigenvalue weighted by atomic mass is 19.4. The fourth-order valence-electron chi connectivity index (χ4n) is 2.64. The SMILES string of the molecule is CN(Cc1ccc(C(F)(F)F)cc1)C(=O)c1occc1-c1ccccc1. The summed E-state index contributed by atoms with van der Waals surface area (Å²) in [7, 11) is 1.58. The molecule has 0 radical (unpaired) electrons. The Kier molecular flexibility index (Phi) is 4.84. The van der Waals surface area contributed by atoms with Gasteiger partial charge in [-0.3, -0.25) is 4.79 Å². The van der Waals surface area contributed by atoms with Crippen LogP contribution in [0.5, 0.6) is 0 Å². The Labute approximate surface area is 148 Å². The van der Waals surface area contributed by atoms with Crippen LogP contribution >= 0.6 is 0 Å². The van der Waals surface area contributed by atoms with E-state index >= 15 is 0 Å². The first-order valence-electron chi connectivity index (χ1n) is 7.91. The highest BCUT2D eigenvalue weighted by Gasteiger charge is 2.30. The molecular weight excluding hydrogens is 343 g/mol. The molecule has 0 fully saturated rings. The summed E-state index contributed by atoms with van der Waals surface area (Å²) < 4.78 is 43.2. The zero-order chi connectivity index (χ0) is 18.7. The van der Waals surface area contributed by atoms with Crippen molar-refractivity contribution in [3.63, 3.8) is 0 Å². The van der Waals surface area contributed by atoms with Crippen LogP contribution in [0.2, 0.25) is 0 Å². The number of halogens is 3. The third-order valence-electron chi connectivity index (χ3n) is 3.99. The van der Waals surface area contributed by atoms with Crippen molar-refractivity contribution in [1.29, 1.82) is 0 Å². The summed E-state index contributed by atoms with van der Waals surface area (Å²) in [5.41, 5.74) is 1.41.